The SMILES string of the molecule is c1ccc(-c2ccc(-c3ccccc3-c3c4ccccc4c(-c4ccccc4-c4ccccc4)c4ccccc34)cc2)cc1.c1ccc(-c2ccc(-c3ccccc3-c3ccc(-c4c5ccccc5c(-c5ccccc5-c5ccc(-c6ccccc6)cc5)c5ccccc45)cc3)cc2)cc1. The lowest BCUT2D eigenvalue weighted by Crippen LogP contribution is -1.94. The van der Waals surface area contributed by atoms with E-state index < -0.39 is 0 Å². The van der Waals surface area contributed by atoms with Crippen LogP contribution in [0.1, 0.15) is 0 Å². The molecule has 0 bridgehead atoms. The highest BCUT2D eigenvalue weighted by Gasteiger charge is 2.23. The molecule has 100 heavy (non-hydrogen) atoms. The van der Waals surface area contributed by atoms with Crippen molar-refractivity contribution in [3.63, 3.8) is 0 Å². The molecule has 0 fully saturated rings. The Morgan fingerprint density at radius 2 is 0.220 bits per heavy atom. The lowest BCUT2D eigenvalue weighted by Gasteiger charge is -2.21. The van der Waals surface area contributed by atoms with Gasteiger partial charge in [-0.25, -0.2) is 0 Å². The molecule has 0 nitrogen and oxygen atoms in total. The molecule has 0 radical (unpaired) electrons. The smallest absolute Gasteiger partial charge is 0.00201 e. The van der Waals surface area contributed by atoms with E-state index in [1.807, 2.05) is 0 Å². The molecule has 0 saturated heterocycles. The molecular weight excluding hydrogens is 1200 g/mol. The molecule has 0 atom stereocenters. The second-order valence-electron chi connectivity index (χ2n) is 25.6. The lowest BCUT2D eigenvalue weighted by molar-refractivity contribution is 1.57. The van der Waals surface area contributed by atoms with Gasteiger partial charge in [-0.2, -0.15) is 0 Å². The van der Waals surface area contributed by atoms with Crippen LogP contribution < -0.4 is 0 Å². The van der Waals surface area contributed by atoms with Crippen LogP contribution in [0.4, 0.5) is 0 Å². The second-order valence-corrected chi connectivity index (χ2v) is 25.6. The maximum atomic E-state index is 2.31. The van der Waals surface area contributed by atoms with Crippen molar-refractivity contribution >= 4 is 43.1 Å². The Kier molecular flexibility index (Phi) is 16.5. The van der Waals surface area contributed by atoms with Crippen LogP contribution in [-0.2, 0) is 0 Å². The van der Waals surface area contributed by atoms with E-state index in [4.69, 9.17) is 0 Å². The predicted molar refractivity (Wildman–Crippen MR) is 428 cm³/mol. The zero-order chi connectivity index (χ0) is 66.6. The fourth-order valence-corrected chi connectivity index (χ4v) is 15.1. The van der Waals surface area contributed by atoms with Gasteiger partial charge in [0.1, 0.15) is 0 Å². The van der Waals surface area contributed by atoms with Gasteiger partial charge in [-0.05, 0) is 177 Å². The first-order valence-electron chi connectivity index (χ1n) is 34.5. The third-order valence-corrected chi connectivity index (χ3v) is 19.9. The van der Waals surface area contributed by atoms with Gasteiger partial charge in [0, 0.05) is 0 Å². The van der Waals surface area contributed by atoms with E-state index in [2.05, 4.69) is 413 Å². The summed E-state index contributed by atoms with van der Waals surface area (Å²) in [5.41, 5.74) is 29.6. The van der Waals surface area contributed by atoms with Crippen LogP contribution in [0, 0.1) is 0 Å². The molecule has 18 aromatic rings. The molecule has 0 heterocycles. The summed E-state index contributed by atoms with van der Waals surface area (Å²) >= 11 is 0. The van der Waals surface area contributed by atoms with Gasteiger partial charge in [0.15, 0.2) is 0 Å². The van der Waals surface area contributed by atoms with E-state index >= 15 is 0 Å². The zero-order valence-corrected chi connectivity index (χ0v) is 55.3. The summed E-state index contributed by atoms with van der Waals surface area (Å²) in [5.74, 6) is 0. The Balaban J connectivity index is 0.000000154. The van der Waals surface area contributed by atoms with E-state index in [9.17, 15) is 0 Å². The highest BCUT2D eigenvalue weighted by molar-refractivity contribution is 6.24. The van der Waals surface area contributed by atoms with Crippen molar-refractivity contribution in [1.82, 2.24) is 0 Å². The van der Waals surface area contributed by atoms with E-state index in [-0.39, 0.29) is 0 Å². The number of hydrogen-bond acceptors (Lipinski definition) is 0. The number of fused-ring (bicyclic) bond motifs is 4. The maximum Gasteiger partial charge on any atom is -0.00201 e. The first-order chi connectivity index (χ1) is 49.7. The number of benzene rings is 18. The van der Waals surface area contributed by atoms with Crippen molar-refractivity contribution in [2.45, 2.75) is 0 Å². The van der Waals surface area contributed by atoms with Crippen molar-refractivity contribution in [2.24, 2.45) is 0 Å². The fourth-order valence-electron chi connectivity index (χ4n) is 15.1. The molecule has 18 rings (SSSR count). The molecule has 0 aromatic heterocycles. The Hall–Kier alpha value is -13.0. The molecule has 0 amide bonds. The molecule has 18 aromatic carbocycles. The van der Waals surface area contributed by atoms with Gasteiger partial charge in [0.25, 0.3) is 0 Å². The predicted octanol–water partition coefficient (Wildman–Crippen LogP) is 28.0. The second kappa shape index (κ2) is 27.3. The third kappa shape index (κ3) is 11.6. The summed E-state index contributed by atoms with van der Waals surface area (Å²) in [6.07, 6.45) is 0. The molecule has 0 unspecified atom stereocenters. The molecule has 0 N–H and O–H groups in total. The van der Waals surface area contributed by atoms with E-state index in [1.165, 1.54) is 177 Å². The average molecular weight is 1270 g/mol. The Morgan fingerprint density at radius 3 is 0.460 bits per heavy atom. The first-order valence-corrected chi connectivity index (χ1v) is 34.5. The zero-order valence-electron chi connectivity index (χ0n) is 55.3. The van der Waals surface area contributed by atoms with Crippen LogP contribution in [0.15, 0.2) is 413 Å². The standard InChI is InChI=1S/C56H38.C44H30/c1-3-15-39(16-4-1)41-27-31-43(32-28-41)47-19-7-8-20-48(47)44-35-37-46(38-36-44)55-51-23-11-13-25-53(51)56(54-26-14-12-24-52(54)55)50-22-10-9-21-49(50)45-33-29-42(30-34-45)40-17-5-2-6-18-40;1-3-15-31(16-4-1)32-27-29-34(30-28-32)36-20-8-10-22-38(36)44-41-25-13-11-23-39(41)43(40-24-12-14-26-42(40)44)37-21-9-7-19-35(37)33-17-5-2-6-18-33/h1-38H;1-30H. The van der Waals surface area contributed by atoms with Crippen LogP contribution in [0.3, 0.4) is 0 Å². The molecule has 0 saturated carbocycles. The maximum absolute atomic E-state index is 2.31. The fraction of sp³-hybridized carbons (Fsp3) is 0. The van der Waals surface area contributed by atoms with Crippen LogP contribution >= 0.6 is 0 Å². The Labute approximate surface area is 585 Å². The minimum Gasteiger partial charge on any atom is -0.0622 e. The van der Waals surface area contributed by atoms with Crippen LogP contribution in [0.2, 0.25) is 0 Å². The van der Waals surface area contributed by atoms with Crippen LogP contribution in [0.5, 0.6) is 0 Å². The normalized spacial score (nSPS) is 11.2. The van der Waals surface area contributed by atoms with Gasteiger partial charge in [0.2, 0.25) is 0 Å². The van der Waals surface area contributed by atoms with Gasteiger partial charge in [-0.3, -0.25) is 0 Å². The van der Waals surface area contributed by atoms with Crippen molar-refractivity contribution in [3.05, 3.63) is 413 Å². The van der Waals surface area contributed by atoms with Gasteiger partial charge in [-0.1, -0.05) is 413 Å². The largest absolute Gasteiger partial charge is 0.0622 e. The summed E-state index contributed by atoms with van der Waals surface area (Å²) in [4.78, 5) is 0. The van der Waals surface area contributed by atoms with Gasteiger partial charge >= 0.3 is 0 Å². The minimum absolute atomic E-state index is 1.20. The summed E-state index contributed by atoms with van der Waals surface area (Å²) in [6.45, 7) is 0. The number of rotatable bonds is 12. The molecule has 0 aliphatic rings. The molecule has 0 spiro atoms. The van der Waals surface area contributed by atoms with Gasteiger partial charge in [0.05, 0.1) is 0 Å². The highest BCUT2D eigenvalue weighted by Crippen LogP contribution is 2.50. The van der Waals surface area contributed by atoms with Crippen molar-refractivity contribution < 1.29 is 0 Å². The van der Waals surface area contributed by atoms with Gasteiger partial charge in [-0.15, -0.1) is 0 Å². The minimum atomic E-state index is 1.20. The van der Waals surface area contributed by atoms with E-state index in [0.29, 0.717) is 0 Å². The highest BCUT2D eigenvalue weighted by atomic mass is 14.3. The number of hydrogen-bond donors (Lipinski definition) is 0. The molecular formula is C100H68. The quantitative estimate of drug-likeness (QED) is 0.107. The van der Waals surface area contributed by atoms with Crippen LogP contribution in [-0.4, -0.2) is 0 Å². The van der Waals surface area contributed by atoms with E-state index in [0.717, 1.165) is 0 Å². The molecule has 468 valence electrons. The summed E-state index contributed by atoms with van der Waals surface area (Å²) in [5, 5.41) is 10.1. The topological polar surface area (TPSA) is 0 Å². The summed E-state index contributed by atoms with van der Waals surface area (Å²) in [7, 11) is 0. The molecule has 0 heteroatoms. The van der Waals surface area contributed by atoms with Crippen LogP contribution in [0.25, 0.3) is 177 Å². The van der Waals surface area contributed by atoms with Crippen molar-refractivity contribution in [3.8, 4) is 134 Å². The summed E-state index contributed by atoms with van der Waals surface area (Å²) in [6, 6.07) is 150. The first kappa shape index (κ1) is 60.7. The van der Waals surface area contributed by atoms with Crippen molar-refractivity contribution in [2.75, 3.05) is 0 Å². The average Bonchev–Trinajstić information content (AvgIpc) is 0.735. The summed E-state index contributed by atoms with van der Waals surface area (Å²) < 4.78 is 0. The lowest BCUT2D eigenvalue weighted by atomic mass is 9.82. The van der Waals surface area contributed by atoms with Gasteiger partial charge < -0.3 is 0 Å². The molecule has 0 aliphatic carbocycles. The van der Waals surface area contributed by atoms with Crippen molar-refractivity contribution in [1.29, 1.82) is 0 Å². The Morgan fingerprint density at radius 1 is 0.0800 bits per heavy atom. The Bertz CT molecular complexity index is 5820. The molecule has 0 aliphatic heterocycles. The third-order valence-electron chi connectivity index (χ3n) is 19.9. The monoisotopic (exact) mass is 1270 g/mol. The van der Waals surface area contributed by atoms with E-state index in [1.54, 1.807) is 0 Å².